The normalized spacial score (nSPS) is 15.6. The largest absolute Gasteiger partial charge is 0.416 e. The molecule has 1 aliphatic rings. The Labute approximate surface area is 171 Å². The zero-order valence-electron chi connectivity index (χ0n) is 15.4. The molecule has 0 bridgehead atoms. The molecular formula is C17H15F6N7O. The summed E-state index contributed by atoms with van der Waals surface area (Å²) in [6, 6.07) is 1.10. The van der Waals surface area contributed by atoms with Crippen LogP contribution >= 0.6 is 0 Å². The summed E-state index contributed by atoms with van der Waals surface area (Å²) in [5.74, 6) is 0.202. The molecule has 166 valence electrons. The van der Waals surface area contributed by atoms with Crippen molar-refractivity contribution in [2.45, 2.75) is 18.6 Å². The fourth-order valence-electron chi connectivity index (χ4n) is 2.39. The van der Waals surface area contributed by atoms with Gasteiger partial charge in [0.05, 0.1) is 24.0 Å². The van der Waals surface area contributed by atoms with Crippen LogP contribution in [0.3, 0.4) is 0 Å². The molecule has 31 heavy (non-hydrogen) atoms. The zero-order valence-corrected chi connectivity index (χ0v) is 15.4. The first-order valence-electron chi connectivity index (χ1n) is 8.56. The number of aromatic nitrogens is 3. The van der Waals surface area contributed by atoms with Crippen LogP contribution in [-0.2, 0) is 12.4 Å². The van der Waals surface area contributed by atoms with Crippen molar-refractivity contribution in [1.82, 2.24) is 30.9 Å². The monoisotopic (exact) mass is 447 g/mol. The molecule has 1 aliphatic heterocycles. The van der Waals surface area contributed by atoms with E-state index in [1.165, 1.54) is 18.6 Å². The number of rotatable bonds is 6. The Morgan fingerprint density at radius 1 is 1.10 bits per heavy atom. The van der Waals surface area contributed by atoms with Gasteiger partial charge in [-0.15, -0.1) is 5.10 Å². The van der Waals surface area contributed by atoms with Gasteiger partial charge in [-0.25, -0.2) is 15.1 Å². The highest BCUT2D eigenvalue weighted by atomic mass is 19.4. The van der Waals surface area contributed by atoms with Gasteiger partial charge in [-0.1, -0.05) is 0 Å². The molecule has 3 rings (SSSR count). The van der Waals surface area contributed by atoms with Gasteiger partial charge in [-0.3, -0.25) is 4.99 Å². The van der Waals surface area contributed by atoms with Crippen LogP contribution < -0.4 is 16.2 Å². The highest BCUT2D eigenvalue weighted by molar-refractivity contribution is 5.59. The van der Waals surface area contributed by atoms with Crippen molar-refractivity contribution < 1.29 is 31.4 Å². The summed E-state index contributed by atoms with van der Waals surface area (Å²) in [5, 5.41) is 16.5. The Balaban J connectivity index is 1.73. The second-order valence-corrected chi connectivity index (χ2v) is 6.15. The van der Waals surface area contributed by atoms with Crippen LogP contribution in [0.4, 0.5) is 26.3 Å². The minimum Gasteiger partial charge on any atom is -0.373 e. The number of nitrogens with zero attached hydrogens (tertiary/aromatic N) is 4. The minimum atomic E-state index is -4.98. The summed E-state index contributed by atoms with van der Waals surface area (Å²) in [6.07, 6.45) is -4.49. The first kappa shape index (κ1) is 22.3. The maximum absolute atomic E-state index is 13.0. The Hall–Kier alpha value is -3.39. The van der Waals surface area contributed by atoms with Crippen molar-refractivity contribution in [3.05, 3.63) is 53.6 Å². The lowest BCUT2D eigenvalue weighted by Crippen LogP contribution is -2.43. The average Bonchev–Trinajstić information content (AvgIpc) is 3.19. The van der Waals surface area contributed by atoms with Crippen molar-refractivity contribution in [3.63, 3.8) is 0 Å². The molecular weight excluding hydrogens is 432 g/mol. The number of nitrogens with one attached hydrogen (secondary N) is 3. The molecule has 0 radical (unpaired) electrons. The number of hydrogen-bond donors (Lipinski definition) is 4. The third kappa shape index (κ3) is 6.05. The van der Waals surface area contributed by atoms with Crippen molar-refractivity contribution in [2.75, 3.05) is 6.54 Å². The molecule has 0 saturated carbocycles. The number of aliphatic hydroxyl groups is 1. The number of aliphatic imine (C=N–C) groups is 1. The lowest BCUT2D eigenvalue weighted by Gasteiger charge is -2.15. The van der Waals surface area contributed by atoms with E-state index < -0.39 is 35.3 Å². The number of halogens is 6. The van der Waals surface area contributed by atoms with Crippen molar-refractivity contribution in [1.29, 1.82) is 0 Å². The Kier molecular flexibility index (Phi) is 6.31. The number of hydrogen-bond acceptors (Lipinski definition) is 7. The van der Waals surface area contributed by atoms with Gasteiger partial charge in [0.25, 0.3) is 0 Å². The molecule has 4 N–H and O–H groups in total. The summed E-state index contributed by atoms with van der Waals surface area (Å²) in [4.78, 5) is 7.64. The fourth-order valence-corrected chi connectivity index (χ4v) is 2.39. The maximum Gasteiger partial charge on any atom is 0.416 e. The predicted octanol–water partition coefficient (Wildman–Crippen LogP) is 2.34. The van der Waals surface area contributed by atoms with Gasteiger partial charge >= 0.3 is 12.4 Å². The van der Waals surface area contributed by atoms with E-state index >= 15 is 0 Å². The van der Waals surface area contributed by atoms with E-state index in [-0.39, 0.29) is 11.9 Å². The summed E-state index contributed by atoms with van der Waals surface area (Å²) in [7, 11) is 0. The molecule has 8 nitrogen and oxygen atoms in total. The van der Waals surface area contributed by atoms with E-state index in [0.717, 1.165) is 11.0 Å². The van der Waals surface area contributed by atoms with Crippen molar-refractivity contribution >= 4 is 12.5 Å². The highest BCUT2D eigenvalue weighted by Gasteiger charge is 2.37. The van der Waals surface area contributed by atoms with Crippen LogP contribution in [-0.4, -0.2) is 39.0 Å². The molecule has 1 aromatic heterocycles. The summed E-state index contributed by atoms with van der Waals surface area (Å²) < 4.78 is 79.0. The predicted molar refractivity (Wildman–Crippen MR) is 97.6 cm³/mol. The third-order valence-corrected chi connectivity index (χ3v) is 3.84. The summed E-state index contributed by atoms with van der Waals surface area (Å²) >= 11 is 0. The minimum absolute atomic E-state index is 0.0257. The molecule has 2 aromatic rings. The molecule has 1 atom stereocenters. The second-order valence-electron chi connectivity index (χ2n) is 6.15. The number of benzene rings is 1. The zero-order chi connectivity index (χ0) is 22.6. The van der Waals surface area contributed by atoms with Crippen LogP contribution in [0.15, 0.2) is 47.5 Å². The standard InChI is InChI=1S/C17H15F6N7O/c18-16(19,20)11-5-10(6-12(7-11)17(21,22)23)15-26-9-30(29-15)4-2-14(31)28-27-13-1-3-24-8-25-13/h1-2,4-9,14,27-28,31H,3H2,(H,24,25)/b4-2-. The molecule has 14 heteroatoms. The van der Waals surface area contributed by atoms with Gasteiger partial charge < -0.3 is 15.8 Å². The lowest BCUT2D eigenvalue weighted by molar-refractivity contribution is -0.143. The van der Waals surface area contributed by atoms with Crippen LogP contribution in [0, 0.1) is 0 Å². The summed E-state index contributed by atoms with van der Waals surface area (Å²) in [6.45, 7) is 0.455. The van der Waals surface area contributed by atoms with Crippen molar-refractivity contribution in [2.24, 2.45) is 4.99 Å². The first-order chi connectivity index (χ1) is 14.5. The molecule has 1 aromatic carbocycles. The van der Waals surface area contributed by atoms with Crippen LogP contribution in [0.2, 0.25) is 0 Å². The summed E-state index contributed by atoms with van der Waals surface area (Å²) in [5.41, 5.74) is 1.82. The smallest absolute Gasteiger partial charge is 0.373 e. The van der Waals surface area contributed by atoms with E-state index in [4.69, 9.17) is 0 Å². The molecule has 1 unspecified atom stereocenters. The molecule has 2 heterocycles. The Morgan fingerprint density at radius 2 is 1.77 bits per heavy atom. The van der Waals surface area contributed by atoms with Gasteiger partial charge in [-0.05, 0) is 30.4 Å². The SMILES string of the molecule is OC(/C=C\n1cnc(-c2cc(C(F)(F)F)cc(C(F)(F)F)c2)n1)NNC1=CCN=CN1. The van der Waals surface area contributed by atoms with E-state index in [1.807, 2.05) is 0 Å². The van der Waals surface area contributed by atoms with Gasteiger partial charge in [0.15, 0.2) is 5.82 Å². The average molecular weight is 447 g/mol. The van der Waals surface area contributed by atoms with Gasteiger partial charge in [0.2, 0.25) is 0 Å². The molecule has 0 spiro atoms. The number of alkyl halides is 6. The topological polar surface area (TPSA) is 99.4 Å². The highest BCUT2D eigenvalue weighted by Crippen LogP contribution is 2.38. The Morgan fingerprint density at radius 3 is 2.35 bits per heavy atom. The second kappa shape index (κ2) is 8.77. The van der Waals surface area contributed by atoms with Crippen LogP contribution in [0.1, 0.15) is 11.1 Å². The number of aliphatic hydroxyl groups excluding tert-OH is 1. The maximum atomic E-state index is 13.0. The van der Waals surface area contributed by atoms with E-state index in [2.05, 4.69) is 31.2 Å². The molecule has 0 aliphatic carbocycles. The first-order valence-corrected chi connectivity index (χ1v) is 8.56. The van der Waals surface area contributed by atoms with E-state index in [9.17, 15) is 31.4 Å². The lowest BCUT2D eigenvalue weighted by atomic mass is 10.0. The van der Waals surface area contributed by atoms with Gasteiger partial charge in [0.1, 0.15) is 18.4 Å². The quantitative estimate of drug-likeness (QED) is 0.308. The van der Waals surface area contributed by atoms with Crippen LogP contribution in [0.25, 0.3) is 17.6 Å². The van der Waals surface area contributed by atoms with E-state index in [0.29, 0.717) is 24.5 Å². The van der Waals surface area contributed by atoms with Crippen LogP contribution in [0.5, 0.6) is 0 Å². The number of hydrazine groups is 1. The third-order valence-electron chi connectivity index (χ3n) is 3.84. The molecule has 0 saturated heterocycles. The van der Waals surface area contributed by atoms with Gasteiger partial charge in [0, 0.05) is 11.8 Å². The van der Waals surface area contributed by atoms with E-state index in [1.54, 1.807) is 6.08 Å². The molecule has 0 fully saturated rings. The molecule has 0 amide bonds. The fraction of sp³-hybridized carbons (Fsp3) is 0.235. The Bertz CT molecular complexity index is 977. The van der Waals surface area contributed by atoms with Gasteiger partial charge in [-0.2, -0.15) is 26.3 Å². The van der Waals surface area contributed by atoms with Crippen molar-refractivity contribution in [3.8, 4) is 11.4 Å².